The molecule has 1 fully saturated rings. The summed E-state index contributed by atoms with van der Waals surface area (Å²) in [7, 11) is -2.49. The lowest BCUT2D eigenvalue weighted by molar-refractivity contribution is -0.0213. The molecule has 3 aromatic carbocycles. The van der Waals surface area contributed by atoms with Gasteiger partial charge in [-0.15, -0.1) is 0 Å². The first-order valence-corrected chi connectivity index (χ1v) is 14.8. The first-order chi connectivity index (χ1) is 16.9. The van der Waals surface area contributed by atoms with Gasteiger partial charge in [-0.2, -0.15) is 0 Å². The van der Waals surface area contributed by atoms with Crippen LogP contribution in [0.5, 0.6) is 0 Å². The van der Waals surface area contributed by atoms with Gasteiger partial charge in [0.1, 0.15) is 0 Å². The average molecular weight is 487 g/mol. The number of carbonyl (C=O) groups excluding carboxylic acids is 1. The van der Waals surface area contributed by atoms with Gasteiger partial charge in [-0.25, -0.2) is 0 Å². The molecule has 1 saturated heterocycles. The number of rotatable bonds is 9. The topological polar surface area (TPSA) is 35.5 Å². The summed E-state index contributed by atoms with van der Waals surface area (Å²) in [6.45, 7) is 8.37. The van der Waals surface area contributed by atoms with Crippen molar-refractivity contribution in [3.63, 3.8) is 0 Å². The molecule has 0 unspecified atom stereocenters. The first-order valence-electron chi connectivity index (χ1n) is 12.8. The van der Waals surface area contributed by atoms with Crippen molar-refractivity contribution < 1.29 is 14.0 Å². The molecule has 35 heavy (non-hydrogen) atoms. The summed E-state index contributed by atoms with van der Waals surface area (Å²) in [5.41, 5.74) is 0.775. The van der Waals surface area contributed by atoms with Crippen LogP contribution in [-0.4, -0.2) is 33.4 Å². The molecule has 2 atom stereocenters. The van der Waals surface area contributed by atoms with Gasteiger partial charge in [-0.05, 0) is 40.6 Å². The second kappa shape index (κ2) is 11.5. The van der Waals surface area contributed by atoms with Crippen LogP contribution in [0.1, 0.15) is 56.8 Å². The van der Waals surface area contributed by atoms with Gasteiger partial charge in [0.05, 0.1) is 6.10 Å². The van der Waals surface area contributed by atoms with Crippen molar-refractivity contribution >= 4 is 24.5 Å². The Morgan fingerprint density at radius 3 is 1.89 bits per heavy atom. The monoisotopic (exact) mass is 486 g/mol. The van der Waals surface area contributed by atoms with Crippen LogP contribution < -0.4 is 10.4 Å². The van der Waals surface area contributed by atoms with E-state index in [4.69, 9.17) is 9.16 Å². The second-order valence-corrected chi connectivity index (χ2v) is 15.0. The Bertz CT molecular complexity index is 1010. The molecule has 0 radical (unpaired) electrons. The molecule has 3 aromatic rings. The predicted octanol–water partition coefficient (Wildman–Crippen LogP) is 6.02. The first kappa shape index (κ1) is 25.6. The summed E-state index contributed by atoms with van der Waals surface area (Å²) >= 11 is 0. The van der Waals surface area contributed by atoms with E-state index in [2.05, 4.69) is 81.4 Å². The molecule has 1 aliphatic rings. The van der Waals surface area contributed by atoms with Gasteiger partial charge in [0.15, 0.2) is 5.78 Å². The van der Waals surface area contributed by atoms with Crippen molar-refractivity contribution in [3.05, 3.63) is 96.6 Å². The SMILES string of the molecule is CC(C)(C)[Si](OCC[C@H]1CC[C@@H](CC(=O)c2ccccc2)OC1)(c1ccccc1)c1ccccc1. The molecule has 0 saturated carbocycles. The minimum atomic E-state index is -2.49. The zero-order valence-electron chi connectivity index (χ0n) is 21.3. The van der Waals surface area contributed by atoms with Crippen LogP contribution in [0.3, 0.4) is 0 Å². The smallest absolute Gasteiger partial charge is 0.261 e. The number of benzene rings is 3. The van der Waals surface area contributed by atoms with Crippen molar-refractivity contribution in [2.24, 2.45) is 5.92 Å². The Morgan fingerprint density at radius 2 is 1.40 bits per heavy atom. The molecule has 0 amide bonds. The van der Waals surface area contributed by atoms with E-state index in [0.29, 0.717) is 18.9 Å². The fourth-order valence-corrected chi connectivity index (χ4v) is 9.92. The maximum atomic E-state index is 12.5. The summed E-state index contributed by atoms with van der Waals surface area (Å²) in [6, 6.07) is 31.1. The summed E-state index contributed by atoms with van der Waals surface area (Å²) in [5, 5.41) is 2.62. The molecular formula is C31H38O3Si. The molecule has 1 aliphatic heterocycles. The van der Waals surface area contributed by atoms with Gasteiger partial charge in [0.2, 0.25) is 0 Å². The maximum Gasteiger partial charge on any atom is 0.261 e. The quantitative estimate of drug-likeness (QED) is 0.274. The second-order valence-electron chi connectivity index (χ2n) is 10.7. The average Bonchev–Trinajstić information content (AvgIpc) is 2.88. The molecule has 0 aromatic heterocycles. The maximum absolute atomic E-state index is 12.5. The molecular weight excluding hydrogens is 448 g/mol. The highest BCUT2D eigenvalue weighted by Gasteiger charge is 2.50. The zero-order valence-corrected chi connectivity index (χ0v) is 22.3. The summed E-state index contributed by atoms with van der Waals surface area (Å²) in [6.07, 6.45) is 3.48. The van der Waals surface area contributed by atoms with E-state index in [1.54, 1.807) is 0 Å². The number of hydrogen-bond acceptors (Lipinski definition) is 3. The molecule has 0 bridgehead atoms. The van der Waals surface area contributed by atoms with Crippen LogP contribution in [0, 0.1) is 5.92 Å². The van der Waals surface area contributed by atoms with E-state index >= 15 is 0 Å². The number of carbonyl (C=O) groups is 1. The normalized spacial score (nSPS) is 18.8. The highest BCUT2D eigenvalue weighted by Crippen LogP contribution is 2.37. The Morgan fingerprint density at radius 1 is 0.857 bits per heavy atom. The predicted molar refractivity (Wildman–Crippen MR) is 146 cm³/mol. The Balaban J connectivity index is 1.39. The molecule has 0 N–H and O–H groups in total. The zero-order chi connectivity index (χ0) is 24.7. The van der Waals surface area contributed by atoms with Crippen molar-refractivity contribution in [1.29, 1.82) is 0 Å². The van der Waals surface area contributed by atoms with Crippen molar-refractivity contribution in [2.75, 3.05) is 13.2 Å². The Kier molecular flexibility index (Phi) is 8.37. The van der Waals surface area contributed by atoms with Crippen LogP contribution in [-0.2, 0) is 9.16 Å². The summed E-state index contributed by atoms with van der Waals surface area (Å²) in [4.78, 5) is 12.5. The highest BCUT2D eigenvalue weighted by molar-refractivity contribution is 6.99. The van der Waals surface area contributed by atoms with E-state index in [1.807, 2.05) is 30.3 Å². The third-order valence-electron chi connectivity index (χ3n) is 7.23. The molecule has 184 valence electrons. The van der Waals surface area contributed by atoms with Crippen molar-refractivity contribution in [1.82, 2.24) is 0 Å². The highest BCUT2D eigenvalue weighted by atomic mass is 28.4. The van der Waals surface area contributed by atoms with Crippen LogP contribution in [0.15, 0.2) is 91.0 Å². The molecule has 0 spiro atoms. The Hall–Kier alpha value is -2.53. The fraction of sp³-hybridized carbons (Fsp3) is 0.387. The lowest BCUT2D eigenvalue weighted by atomic mass is 9.93. The van der Waals surface area contributed by atoms with E-state index in [-0.39, 0.29) is 16.9 Å². The lowest BCUT2D eigenvalue weighted by Crippen LogP contribution is -2.66. The van der Waals surface area contributed by atoms with Crippen LogP contribution in [0.25, 0.3) is 0 Å². The van der Waals surface area contributed by atoms with E-state index < -0.39 is 8.32 Å². The molecule has 1 heterocycles. The fourth-order valence-electron chi connectivity index (χ4n) is 5.34. The van der Waals surface area contributed by atoms with Gasteiger partial charge >= 0.3 is 0 Å². The minimum Gasteiger partial charge on any atom is -0.407 e. The van der Waals surface area contributed by atoms with Crippen molar-refractivity contribution in [3.8, 4) is 0 Å². The van der Waals surface area contributed by atoms with Crippen LogP contribution >= 0.6 is 0 Å². The molecule has 3 nitrogen and oxygen atoms in total. The van der Waals surface area contributed by atoms with E-state index in [0.717, 1.165) is 31.4 Å². The number of ketones is 1. The molecule has 4 rings (SSSR count). The number of ether oxygens (including phenoxy) is 1. The largest absolute Gasteiger partial charge is 0.407 e. The lowest BCUT2D eigenvalue weighted by Gasteiger charge is -2.43. The van der Waals surface area contributed by atoms with Crippen LogP contribution in [0.4, 0.5) is 0 Å². The van der Waals surface area contributed by atoms with Crippen LogP contribution in [0.2, 0.25) is 5.04 Å². The van der Waals surface area contributed by atoms with Gasteiger partial charge < -0.3 is 9.16 Å². The van der Waals surface area contributed by atoms with Gasteiger partial charge in [-0.1, -0.05) is 112 Å². The third kappa shape index (κ3) is 6.00. The van der Waals surface area contributed by atoms with Gasteiger partial charge in [0.25, 0.3) is 8.32 Å². The molecule has 0 aliphatic carbocycles. The Labute approximate surface area is 211 Å². The summed E-state index contributed by atoms with van der Waals surface area (Å²) in [5.74, 6) is 0.639. The van der Waals surface area contributed by atoms with Crippen molar-refractivity contribution in [2.45, 2.75) is 57.6 Å². The van der Waals surface area contributed by atoms with E-state index in [1.165, 1.54) is 10.4 Å². The standard InChI is InChI=1S/C31H38O3Si/c1-31(2,3)35(28-15-9-5-10-16-28,29-17-11-6-12-18-29)34-22-21-25-19-20-27(33-24-25)23-30(32)26-13-7-4-8-14-26/h4-18,25,27H,19-24H2,1-3H3/t25-,27+/m1/s1. The molecule has 4 heteroatoms. The van der Waals surface area contributed by atoms with E-state index in [9.17, 15) is 4.79 Å². The minimum absolute atomic E-state index is 0.0122. The van der Waals surface area contributed by atoms with Gasteiger partial charge in [0, 0.05) is 25.2 Å². The summed E-state index contributed by atoms with van der Waals surface area (Å²) < 4.78 is 13.2. The number of Topliss-reactive ketones (excluding diaryl/α,β-unsaturated/α-hetero) is 1. The third-order valence-corrected chi connectivity index (χ3v) is 12.3. The number of hydrogen-bond donors (Lipinski definition) is 0. The van der Waals surface area contributed by atoms with Gasteiger partial charge in [-0.3, -0.25) is 4.79 Å².